The second-order valence-corrected chi connectivity index (χ2v) is 8.03. The van der Waals surface area contributed by atoms with E-state index in [1.165, 1.54) is 11.3 Å². The van der Waals surface area contributed by atoms with Gasteiger partial charge in [0.05, 0.1) is 17.5 Å². The fraction of sp³-hybridized carbons (Fsp3) is 0.526. The molecule has 3 heterocycles. The molecule has 0 spiro atoms. The molecule has 0 bridgehead atoms. The Hall–Kier alpha value is -2.19. The van der Waals surface area contributed by atoms with Gasteiger partial charge in [-0.15, -0.1) is 11.3 Å². The summed E-state index contributed by atoms with van der Waals surface area (Å²) < 4.78 is 11.0. The second kappa shape index (κ2) is 9.14. The molecule has 1 aliphatic heterocycles. The number of nitrogens with one attached hydrogen (secondary N) is 1. The van der Waals surface area contributed by atoms with Crippen molar-refractivity contribution in [2.75, 3.05) is 19.7 Å². The monoisotopic (exact) mass is 391 g/mol. The quantitative estimate of drug-likeness (QED) is 0.748. The highest BCUT2D eigenvalue weighted by Crippen LogP contribution is 2.19. The Bertz CT molecular complexity index is 751. The molecule has 8 heteroatoms. The van der Waals surface area contributed by atoms with Gasteiger partial charge in [-0.1, -0.05) is 25.1 Å². The number of aromatic nitrogens is 1. The number of hydrogen-bond acceptors (Lipinski definition) is 6. The average Bonchev–Trinajstić information content (AvgIpc) is 3.40. The first-order valence-electron chi connectivity index (χ1n) is 9.21. The summed E-state index contributed by atoms with van der Waals surface area (Å²) in [7, 11) is 0. The minimum atomic E-state index is -0.269. The number of nitrogens with zero attached hydrogens (tertiary/aromatic N) is 2. The minimum Gasteiger partial charge on any atom is -0.376 e. The van der Waals surface area contributed by atoms with Gasteiger partial charge in [0.2, 0.25) is 0 Å². The number of thiophene rings is 1. The van der Waals surface area contributed by atoms with Crippen LogP contribution in [0, 0.1) is 5.92 Å². The summed E-state index contributed by atoms with van der Waals surface area (Å²) in [5, 5.41) is 8.53. The van der Waals surface area contributed by atoms with Crippen LogP contribution < -0.4 is 5.32 Å². The second-order valence-electron chi connectivity index (χ2n) is 7.08. The van der Waals surface area contributed by atoms with E-state index in [0.717, 1.165) is 19.4 Å². The Kier molecular flexibility index (Phi) is 6.63. The van der Waals surface area contributed by atoms with E-state index in [1.807, 2.05) is 25.3 Å². The molecule has 2 amide bonds. The molecule has 1 aliphatic rings. The zero-order chi connectivity index (χ0) is 19.2. The normalized spacial score (nSPS) is 16.6. The SMILES string of the molecule is CC(C)CNC(=O)c1cc(CN(CC2CCCO2)C(=O)c2cccs2)on1. The van der Waals surface area contributed by atoms with Crippen molar-refractivity contribution in [2.24, 2.45) is 5.92 Å². The van der Waals surface area contributed by atoms with Crippen LogP contribution in [0.25, 0.3) is 0 Å². The maximum atomic E-state index is 12.9. The molecule has 0 radical (unpaired) electrons. The fourth-order valence-electron chi connectivity index (χ4n) is 2.88. The first kappa shape index (κ1) is 19.6. The molecule has 7 nitrogen and oxygen atoms in total. The lowest BCUT2D eigenvalue weighted by molar-refractivity contribution is 0.0490. The summed E-state index contributed by atoms with van der Waals surface area (Å²) in [6.07, 6.45) is 1.98. The average molecular weight is 391 g/mol. The minimum absolute atomic E-state index is 0.0330. The van der Waals surface area contributed by atoms with Crippen molar-refractivity contribution < 1.29 is 18.8 Å². The predicted molar refractivity (Wildman–Crippen MR) is 102 cm³/mol. The van der Waals surface area contributed by atoms with E-state index in [0.29, 0.717) is 29.6 Å². The van der Waals surface area contributed by atoms with E-state index in [9.17, 15) is 9.59 Å². The van der Waals surface area contributed by atoms with Gasteiger partial charge in [0, 0.05) is 25.8 Å². The Morgan fingerprint density at radius 1 is 1.44 bits per heavy atom. The zero-order valence-electron chi connectivity index (χ0n) is 15.6. The zero-order valence-corrected chi connectivity index (χ0v) is 16.5. The lowest BCUT2D eigenvalue weighted by atomic mass is 10.2. The van der Waals surface area contributed by atoms with Crippen molar-refractivity contribution in [2.45, 2.75) is 39.3 Å². The molecule has 1 N–H and O–H groups in total. The number of hydrogen-bond donors (Lipinski definition) is 1. The van der Waals surface area contributed by atoms with Crippen molar-refractivity contribution in [3.8, 4) is 0 Å². The summed E-state index contributed by atoms with van der Waals surface area (Å²) in [5.41, 5.74) is 0.228. The first-order chi connectivity index (χ1) is 13.0. The third-order valence-electron chi connectivity index (χ3n) is 4.28. The molecule has 146 valence electrons. The summed E-state index contributed by atoms with van der Waals surface area (Å²) in [6.45, 7) is 6.09. The van der Waals surface area contributed by atoms with Crippen molar-refractivity contribution in [1.29, 1.82) is 0 Å². The van der Waals surface area contributed by atoms with Crippen molar-refractivity contribution in [3.63, 3.8) is 0 Å². The summed E-state index contributed by atoms with van der Waals surface area (Å²) in [4.78, 5) is 27.3. The van der Waals surface area contributed by atoms with Gasteiger partial charge in [0.15, 0.2) is 11.5 Å². The van der Waals surface area contributed by atoms with Gasteiger partial charge in [-0.2, -0.15) is 0 Å². The van der Waals surface area contributed by atoms with E-state index in [1.54, 1.807) is 17.0 Å². The third kappa shape index (κ3) is 5.40. The van der Waals surface area contributed by atoms with Gasteiger partial charge < -0.3 is 19.5 Å². The third-order valence-corrected chi connectivity index (χ3v) is 5.13. The Labute approximate surface area is 162 Å². The van der Waals surface area contributed by atoms with Crippen LogP contribution in [0.15, 0.2) is 28.1 Å². The molecule has 2 aromatic rings. The summed E-state index contributed by atoms with van der Waals surface area (Å²) >= 11 is 1.40. The molecule has 0 aromatic carbocycles. The van der Waals surface area contributed by atoms with E-state index in [-0.39, 0.29) is 30.2 Å². The van der Waals surface area contributed by atoms with Crippen LogP contribution in [-0.2, 0) is 11.3 Å². The van der Waals surface area contributed by atoms with Crippen LogP contribution in [0.4, 0.5) is 0 Å². The lowest BCUT2D eigenvalue weighted by Gasteiger charge is -2.23. The van der Waals surface area contributed by atoms with E-state index >= 15 is 0 Å². The molecule has 0 aliphatic carbocycles. The molecule has 1 saturated heterocycles. The molecule has 2 aromatic heterocycles. The fourth-order valence-corrected chi connectivity index (χ4v) is 3.57. The molecule has 0 saturated carbocycles. The van der Waals surface area contributed by atoms with Gasteiger partial charge in [-0.25, -0.2) is 0 Å². The van der Waals surface area contributed by atoms with Crippen LogP contribution in [0.5, 0.6) is 0 Å². The molecule has 3 rings (SSSR count). The van der Waals surface area contributed by atoms with Crippen LogP contribution in [-0.4, -0.2) is 47.7 Å². The van der Waals surface area contributed by atoms with E-state index < -0.39 is 0 Å². The van der Waals surface area contributed by atoms with Gasteiger partial charge in [0.1, 0.15) is 0 Å². The molecule has 1 unspecified atom stereocenters. The molecule has 27 heavy (non-hydrogen) atoms. The van der Waals surface area contributed by atoms with Crippen LogP contribution in [0.1, 0.15) is 52.6 Å². The number of ether oxygens (including phenoxy) is 1. The molecular weight excluding hydrogens is 366 g/mol. The number of carbonyl (C=O) groups excluding carboxylic acids is 2. The van der Waals surface area contributed by atoms with Crippen molar-refractivity contribution in [3.05, 3.63) is 39.9 Å². The Morgan fingerprint density at radius 2 is 2.30 bits per heavy atom. The summed E-state index contributed by atoms with van der Waals surface area (Å²) in [6, 6.07) is 5.26. The highest BCUT2D eigenvalue weighted by atomic mass is 32.1. The highest BCUT2D eigenvalue weighted by Gasteiger charge is 2.25. The Balaban J connectivity index is 1.68. The highest BCUT2D eigenvalue weighted by molar-refractivity contribution is 7.12. The van der Waals surface area contributed by atoms with Crippen molar-refractivity contribution in [1.82, 2.24) is 15.4 Å². The first-order valence-corrected chi connectivity index (χ1v) is 10.1. The van der Waals surface area contributed by atoms with Crippen LogP contribution >= 0.6 is 11.3 Å². The maximum absolute atomic E-state index is 12.9. The predicted octanol–water partition coefficient (Wildman–Crippen LogP) is 2.94. The number of carbonyl (C=O) groups is 2. The largest absolute Gasteiger partial charge is 0.376 e. The number of rotatable bonds is 8. The van der Waals surface area contributed by atoms with Gasteiger partial charge >= 0.3 is 0 Å². The maximum Gasteiger partial charge on any atom is 0.273 e. The van der Waals surface area contributed by atoms with Crippen LogP contribution in [0.3, 0.4) is 0 Å². The Morgan fingerprint density at radius 3 is 2.96 bits per heavy atom. The summed E-state index contributed by atoms with van der Waals surface area (Å²) in [5.74, 6) is 0.495. The lowest BCUT2D eigenvalue weighted by Crippen LogP contribution is -2.36. The number of amides is 2. The van der Waals surface area contributed by atoms with E-state index in [2.05, 4.69) is 10.5 Å². The van der Waals surface area contributed by atoms with Gasteiger partial charge in [0.25, 0.3) is 11.8 Å². The van der Waals surface area contributed by atoms with Gasteiger partial charge in [-0.3, -0.25) is 9.59 Å². The topological polar surface area (TPSA) is 84.7 Å². The standard InChI is InChI=1S/C19H25N3O4S/c1-13(2)10-20-18(23)16-9-15(26-21-16)12-22(11-14-5-3-7-25-14)19(24)17-6-4-8-27-17/h4,6,8-9,13-14H,3,5,7,10-12H2,1-2H3,(H,20,23). The molecule has 1 atom stereocenters. The molecular formula is C19H25N3O4S. The van der Waals surface area contributed by atoms with E-state index in [4.69, 9.17) is 9.26 Å². The van der Waals surface area contributed by atoms with Crippen molar-refractivity contribution >= 4 is 23.2 Å². The van der Waals surface area contributed by atoms with Gasteiger partial charge in [-0.05, 0) is 30.2 Å². The van der Waals surface area contributed by atoms with Crippen LogP contribution in [0.2, 0.25) is 0 Å². The smallest absolute Gasteiger partial charge is 0.273 e. The molecule has 1 fully saturated rings.